The summed E-state index contributed by atoms with van der Waals surface area (Å²) in [5, 5.41) is 37.2. The number of benzene rings is 2. The number of carbonyl (C=O) groups is 3. The normalized spacial score (nSPS) is 13.0. The van der Waals surface area contributed by atoms with Crippen LogP contribution in [0.25, 0.3) is 12.2 Å². The van der Waals surface area contributed by atoms with E-state index in [4.69, 9.17) is 14.6 Å². The summed E-state index contributed by atoms with van der Waals surface area (Å²) in [6, 6.07) is 11.9. The maximum absolute atomic E-state index is 12.1. The van der Waals surface area contributed by atoms with E-state index in [0.29, 0.717) is 11.1 Å². The molecule has 0 aliphatic rings. The fourth-order valence-electron chi connectivity index (χ4n) is 2.53. The molecule has 0 heterocycles. The molecular formula is C23H22O9. The Bertz CT molecular complexity index is 976. The summed E-state index contributed by atoms with van der Waals surface area (Å²) in [7, 11) is 0. The van der Waals surface area contributed by atoms with Gasteiger partial charge in [-0.2, -0.15) is 0 Å². The predicted octanol–water partition coefficient (Wildman–Crippen LogP) is 2.12. The number of aliphatic hydroxyl groups excluding tert-OH is 1. The molecular weight excluding hydrogens is 420 g/mol. The summed E-state index contributed by atoms with van der Waals surface area (Å²) >= 11 is 0. The van der Waals surface area contributed by atoms with E-state index in [1.165, 1.54) is 36.4 Å². The monoisotopic (exact) mass is 442 g/mol. The lowest BCUT2D eigenvalue weighted by Gasteiger charge is -2.23. The van der Waals surface area contributed by atoms with Crippen molar-refractivity contribution in [2.45, 2.75) is 18.6 Å². The molecule has 0 aliphatic carbocycles. The number of hydrogen-bond acceptors (Lipinski definition) is 8. The van der Waals surface area contributed by atoms with E-state index in [1.807, 2.05) is 0 Å². The second-order valence-corrected chi connectivity index (χ2v) is 6.58. The molecule has 2 aromatic rings. The summed E-state index contributed by atoms with van der Waals surface area (Å²) < 4.78 is 10.2. The first-order valence-corrected chi connectivity index (χ1v) is 9.45. The Balaban J connectivity index is 2.03. The molecule has 0 aliphatic heterocycles. The number of ether oxygens (including phenoxy) is 2. The first-order chi connectivity index (χ1) is 15.3. The molecule has 168 valence electrons. The van der Waals surface area contributed by atoms with Crippen LogP contribution >= 0.6 is 0 Å². The molecule has 2 atom stereocenters. The second kappa shape index (κ2) is 11.9. The average Bonchev–Trinajstić information content (AvgIpc) is 2.76. The zero-order valence-electron chi connectivity index (χ0n) is 16.8. The molecule has 0 fully saturated rings. The van der Waals surface area contributed by atoms with E-state index in [2.05, 4.69) is 0 Å². The Labute approximate surface area is 183 Å². The van der Waals surface area contributed by atoms with Crippen LogP contribution in [0.2, 0.25) is 0 Å². The zero-order valence-corrected chi connectivity index (χ0v) is 16.8. The van der Waals surface area contributed by atoms with Crippen molar-refractivity contribution in [3.8, 4) is 11.5 Å². The van der Waals surface area contributed by atoms with Gasteiger partial charge in [0, 0.05) is 12.2 Å². The van der Waals surface area contributed by atoms with Crippen LogP contribution < -0.4 is 0 Å². The summed E-state index contributed by atoms with van der Waals surface area (Å²) in [5.41, 5.74) is 1.17. The van der Waals surface area contributed by atoms with Crippen LogP contribution in [-0.2, 0) is 23.9 Å². The highest BCUT2D eigenvalue weighted by Crippen LogP contribution is 2.14. The number of esters is 2. The van der Waals surface area contributed by atoms with E-state index in [1.54, 1.807) is 24.3 Å². The topological polar surface area (TPSA) is 151 Å². The molecule has 0 bridgehead atoms. The third kappa shape index (κ3) is 8.33. The summed E-state index contributed by atoms with van der Waals surface area (Å²) in [6.07, 6.45) is 1.35. The van der Waals surface area contributed by atoms with E-state index in [0.717, 1.165) is 12.2 Å². The smallest absolute Gasteiger partial charge is 0.331 e. The third-order valence-corrected chi connectivity index (χ3v) is 4.12. The zero-order chi connectivity index (χ0) is 23.5. The SMILES string of the molecule is O=C(O)C[C@H](OC(=O)/C=C/c1ccc(O)cc1)[C@H](CO)OC(=O)/C=C/c1ccc(O)cc1. The van der Waals surface area contributed by atoms with E-state index in [9.17, 15) is 29.7 Å². The van der Waals surface area contributed by atoms with Crippen molar-refractivity contribution in [3.63, 3.8) is 0 Å². The van der Waals surface area contributed by atoms with Crippen molar-refractivity contribution < 1.29 is 44.3 Å². The maximum atomic E-state index is 12.1. The molecule has 9 heteroatoms. The van der Waals surface area contributed by atoms with Gasteiger partial charge >= 0.3 is 17.9 Å². The Morgan fingerprint density at radius 3 is 1.53 bits per heavy atom. The number of carboxylic acids is 1. The van der Waals surface area contributed by atoms with Crippen LogP contribution in [-0.4, -0.2) is 57.1 Å². The minimum absolute atomic E-state index is 0.0540. The van der Waals surface area contributed by atoms with Crippen molar-refractivity contribution in [1.29, 1.82) is 0 Å². The minimum atomic E-state index is -1.43. The molecule has 0 saturated carbocycles. The van der Waals surface area contributed by atoms with Crippen LogP contribution in [0.5, 0.6) is 11.5 Å². The molecule has 0 amide bonds. The lowest BCUT2D eigenvalue weighted by Crippen LogP contribution is -2.39. The number of phenolic OH excluding ortho intramolecular Hbond substituents is 2. The van der Waals surface area contributed by atoms with Gasteiger partial charge in [0.25, 0.3) is 0 Å². The average molecular weight is 442 g/mol. The standard InChI is InChI=1S/C23H22O9/c24-14-20(32-23(30)12-6-16-3-9-18(26)10-4-16)19(13-21(27)28)31-22(29)11-5-15-1-7-17(25)8-2-15/h1-12,19-20,24-26H,13-14H2,(H,27,28)/b11-5+,12-6+/t19-,20-/m0/s1. The first-order valence-electron chi connectivity index (χ1n) is 9.45. The lowest BCUT2D eigenvalue weighted by molar-refractivity contribution is -0.168. The number of aliphatic carboxylic acids is 1. The number of rotatable bonds is 10. The van der Waals surface area contributed by atoms with Gasteiger partial charge in [0.1, 0.15) is 11.5 Å². The van der Waals surface area contributed by atoms with Gasteiger partial charge in [-0.1, -0.05) is 24.3 Å². The highest BCUT2D eigenvalue weighted by molar-refractivity contribution is 5.88. The van der Waals surface area contributed by atoms with Crippen LogP contribution in [0.4, 0.5) is 0 Å². The molecule has 0 aromatic heterocycles. The molecule has 32 heavy (non-hydrogen) atoms. The molecule has 0 unspecified atom stereocenters. The van der Waals surface area contributed by atoms with Crippen molar-refractivity contribution in [2.24, 2.45) is 0 Å². The quantitative estimate of drug-likeness (QED) is 0.320. The van der Waals surface area contributed by atoms with Crippen molar-refractivity contribution in [1.82, 2.24) is 0 Å². The van der Waals surface area contributed by atoms with Crippen molar-refractivity contribution in [3.05, 3.63) is 71.8 Å². The molecule has 4 N–H and O–H groups in total. The predicted molar refractivity (Wildman–Crippen MR) is 113 cm³/mol. The fourth-order valence-corrected chi connectivity index (χ4v) is 2.53. The third-order valence-electron chi connectivity index (χ3n) is 4.12. The largest absolute Gasteiger partial charge is 0.508 e. The number of aliphatic hydroxyl groups is 1. The number of aromatic hydroxyl groups is 2. The van der Waals surface area contributed by atoms with Crippen LogP contribution in [0, 0.1) is 0 Å². The molecule has 9 nitrogen and oxygen atoms in total. The van der Waals surface area contributed by atoms with Gasteiger partial charge in [0.15, 0.2) is 12.2 Å². The Kier molecular flexibility index (Phi) is 9.00. The molecule has 0 radical (unpaired) electrons. The summed E-state index contributed by atoms with van der Waals surface area (Å²) in [5.74, 6) is -3.00. The van der Waals surface area contributed by atoms with Crippen LogP contribution in [0.1, 0.15) is 17.5 Å². The van der Waals surface area contributed by atoms with Gasteiger partial charge in [0.2, 0.25) is 0 Å². The van der Waals surface area contributed by atoms with E-state index >= 15 is 0 Å². The van der Waals surface area contributed by atoms with Crippen molar-refractivity contribution in [2.75, 3.05) is 6.61 Å². The molecule has 0 spiro atoms. The van der Waals surface area contributed by atoms with Gasteiger partial charge in [-0.3, -0.25) is 4.79 Å². The number of carbonyl (C=O) groups excluding carboxylic acids is 2. The highest BCUT2D eigenvalue weighted by Gasteiger charge is 2.29. The first kappa shape index (κ1) is 24.2. The van der Waals surface area contributed by atoms with Gasteiger partial charge in [-0.15, -0.1) is 0 Å². The van der Waals surface area contributed by atoms with Gasteiger partial charge in [-0.05, 0) is 47.5 Å². The summed E-state index contributed by atoms with van der Waals surface area (Å²) in [6.45, 7) is -0.772. The summed E-state index contributed by atoms with van der Waals surface area (Å²) in [4.78, 5) is 35.3. The number of hydrogen-bond donors (Lipinski definition) is 4. The number of phenols is 2. The lowest BCUT2D eigenvalue weighted by atomic mass is 10.1. The molecule has 0 saturated heterocycles. The minimum Gasteiger partial charge on any atom is -0.508 e. The second-order valence-electron chi connectivity index (χ2n) is 6.58. The Morgan fingerprint density at radius 2 is 1.16 bits per heavy atom. The molecule has 2 aromatic carbocycles. The van der Waals surface area contributed by atoms with Crippen molar-refractivity contribution >= 4 is 30.1 Å². The Morgan fingerprint density at radius 1 is 0.750 bits per heavy atom. The van der Waals surface area contributed by atoms with E-state index < -0.39 is 43.1 Å². The van der Waals surface area contributed by atoms with E-state index in [-0.39, 0.29) is 11.5 Å². The van der Waals surface area contributed by atoms with Gasteiger partial charge in [-0.25, -0.2) is 9.59 Å². The highest BCUT2D eigenvalue weighted by atomic mass is 16.6. The maximum Gasteiger partial charge on any atom is 0.331 e. The van der Waals surface area contributed by atoms with Gasteiger partial charge < -0.3 is 29.9 Å². The number of carboxylic acid groups (broad SMARTS) is 1. The van der Waals surface area contributed by atoms with Gasteiger partial charge in [0.05, 0.1) is 13.0 Å². The van der Waals surface area contributed by atoms with Crippen LogP contribution in [0.3, 0.4) is 0 Å². The Hall–Kier alpha value is -4.11. The molecule has 2 rings (SSSR count). The fraction of sp³-hybridized carbons (Fsp3) is 0.174. The van der Waals surface area contributed by atoms with Crippen LogP contribution in [0.15, 0.2) is 60.7 Å².